The zero-order valence-electron chi connectivity index (χ0n) is 9.58. The molecule has 1 aromatic carbocycles. The van der Waals surface area contributed by atoms with Crippen LogP contribution in [0.2, 0.25) is 0 Å². The monoisotopic (exact) mass is 279 g/mol. The van der Waals surface area contributed by atoms with Crippen LogP contribution in [0, 0.1) is 0 Å². The molecule has 1 aromatic rings. The summed E-state index contributed by atoms with van der Waals surface area (Å²) in [7, 11) is 1.47. The van der Waals surface area contributed by atoms with Crippen molar-refractivity contribution >= 4 is 17.7 Å². The third-order valence-corrected chi connectivity index (χ3v) is 2.72. The number of methoxy groups -OCH3 is 1. The molecule has 0 spiro atoms. The Morgan fingerprint density at radius 1 is 1.44 bits per heavy atom. The van der Waals surface area contributed by atoms with Crippen molar-refractivity contribution in [3.63, 3.8) is 0 Å². The van der Waals surface area contributed by atoms with Gasteiger partial charge in [-0.3, -0.25) is 4.79 Å². The Labute approximate surface area is 107 Å². The lowest BCUT2D eigenvalue weighted by molar-refractivity contribution is -0.0327. The Bertz CT molecular complexity index is 410. The minimum absolute atomic E-state index is 0.0414. The molecular formula is C11H12F3NO2S. The van der Waals surface area contributed by atoms with Gasteiger partial charge in [0, 0.05) is 17.9 Å². The third kappa shape index (κ3) is 5.31. The van der Waals surface area contributed by atoms with Gasteiger partial charge < -0.3 is 10.1 Å². The fourth-order valence-electron chi connectivity index (χ4n) is 1.20. The fraction of sp³-hybridized carbons (Fsp3) is 0.364. The van der Waals surface area contributed by atoms with E-state index in [2.05, 4.69) is 5.32 Å². The first-order valence-corrected chi connectivity index (χ1v) is 6.04. The Morgan fingerprint density at radius 2 is 2.17 bits per heavy atom. The van der Waals surface area contributed by atoms with Crippen LogP contribution in [0.15, 0.2) is 24.3 Å². The van der Waals surface area contributed by atoms with E-state index in [1.165, 1.54) is 13.2 Å². The lowest BCUT2D eigenvalue weighted by atomic mass is 10.2. The quantitative estimate of drug-likeness (QED) is 0.842. The number of hydrogen-bond donors (Lipinski definition) is 1. The highest BCUT2D eigenvalue weighted by molar-refractivity contribution is 8.00. The number of amides is 1. The number of hydrogen-bond acceptors (Lipinski definition) is 3. The molecule has 0 aliphatic heterocycles. The highest BCUT2D eigenvalue weighted by Gasteiger charge is 2.27. The number of alkyl halides is 3. The number of halogens is 3. The van der Waals surface area contributed by atoms with Gasteiger partial charge in [0.1, 0.15) is 5.75 Å². The molecule has 18 heavy (non-hydrogen) atoms. The molecule has 100 valence electrons. The predicted molar refractivity (Wildman–Crippen MR) is 63.8 cm³/mol. The molecule has 7 heteroatoms. The molecule has 0 bridgehead atoms. The summed E-state index contributed by atoms with van der Waals surface area (Å²) in [5.41, 5.74) is -3.91. The normalized spacial score (nSPS) is 11.1. The molecule has 0 unspecified atom stereocenters. The minimum atomic E-state index is -4.26. The van der Waals surface area contributed by atoms with Gasteiger partial charge in [-0.15, -0.1) is 0 Å². The van der Waals surface area contributed by atoms with Crippen LogP contribution < -0.4 is 10.1 Å². The second-order valence-corrected chi connectivity index (χ2v) is 4.44. The van der Waals surface area contributed by atoms with Crippen molar-refractivity contribution in [3.8, 4) is 5.75 Å². The molecule has 0 aromatic heterocycles. The molecular weight excluding hydrogens is 267 g/mol. The van der Waals surface area contributed by atoms with Gasteiger partial charge in [0.2, 0.25) is 0 Å². The molecule has 0 heterocycles. The van der Waals surface area contributed by atoms with Gasteiger partial charge in [-0.2, -0.15) is 13.2 Å². The van der Waals surface area contributed by atoms with E-state index in [0.29, 0.717) is 11.3 Å². The zero-order chi connectivity index (χ0) is 13.6. The molecule has 0 aliphatic rings. The van der Waals surface area contributed by atoms with E-state index in [0.717, 1.165) is 0 Å². The van der Waals surface area contributed by atoms with E-state index in [1.807, 2.05) is 0 Å². The number of rotatable bonds is 5. The maximum Gasteiger partial charge on any atom is 0.441 e. The van der Waals surface area contributed by atoms with Crippen LogP contribution in [-0.4, -0.2) is 30.8 Å². The molecule has 0 saturated heterocycles. The second kappa shape index (κ2) is 6.53. The van der Waals surface area contributed by atoms with E-state index in [-0.39, 0.29) is 24.1 Å². The van der Waals surface area contributed by atoms with Gasteiger partial charge in [-0.1, -0.05) is 6.07 Å². The highest BCUT2D eigenvalue weighted by atomic mass is 32.2. The van der Waals surface area contributed by atoms with E-state index in [4.69, 9.17) is 4.74 Å². The average molecular weight is 279 g/mol. The summed E-state index contributed by atoms with van der Waals surface area (Å²) < 4.78 is 40.4. The van der Waals surface area contributed by atoms with Gasteiger partial charge >= 0.3 is 5.51 Å². The summed E-state index contributed by atoms with van der Waals surface area (Å²) >= 11 is -0.161. The van der Waals surface area contributed by atoms with Crippen molar-refractivity contribution in [2.45, 2.75) is 5.51 Å². The van der Waals surface area contributed by atoms with Gasteiger partial charge in [0.25, 0.3) is 5.91 Å². The Kier molecular flexibility index (Phi) is 5.33. The number of ether oxygens (including phenoxy) is 1. The molecule has 0 aliphatic carbocycles. The summed E-state index contributed by atoms with van der Waals surface area (Å²) in [6.45, 7) is -0.0414. The van der Waals surface area contributed by atoms with Crippen LogP contribution in [0.1, 0.15) is 10.4 Å². The van der Waals surface area contributed by atoms with Gasteiger partial charge in [0.15, 0.2) is 0 Å². The lowest BCUT2D eigenvalue weighted by Crippen LogP contribution is -2.26. The van der Waals surface area contributed by atoms with Crippen molar-refractivity contribution in [2.24, 2.45) is 0 Å². The smallest absolute Gasteiger partial charge is 0.441 e. The molecule has 0 radical (unpaired) electrons. The summed E-state index contributed by atoms with van der Waals surface area (Å²) in [4.78, 5) is 11.6. The highest BCUT2D eigenvalue weighted by Crippen LogP contribution is 2.29. The van der Waals surface area contributed by atoms with E-state index in [1.54, 1.807) is 18.2 Å². The van der Waals surface area contributed by atoms with Gasteiger partial charge in [-0.25, -0.2) is 0 Å². The van der Waals surface area contributed by atoms with Crippen LogP contribution >= 0.6 is 11.8 Å². The van der Waals surface area contributed by atoms with Crippen LogP contribution in [0.3, 0.4) is 0 Å². The molecule has 0 fully saturated rings. The Hall–Kier alpha value is -1.37. The second-order valence-electron chi connectivity index (χ2n) is 3.28. The third-order valence-electron chi connectivity index (χ3n) is 1.99. The number of carbonyl (C=O) groups is 1. The van der Waals surface area contributed by atoms with E-state index in [9.17, 15) is 18.0 Å². The summed E-state index contributed by atoms with van der Waals surface area (Å²) in [5, 5.41) is 2.41. The summed E-state index contributed by atoms with van der Waals surface area (Å²) in [6, 6.07) is 6.40. The largest absolute Gasteiger partial charge is 0.497 e. The molecule has 0 atom stereocenters. The van der Waals surface area contributed by atoms with E-state index >= 15 is 0 Å². The first kappa shape index (κ1) is 14.7. The average Bonchev–Trinajstić information content (AvgIpc) is 2.33. The molecule has 1 amide bonds. The Balaban J connectivity index is 2.41. The van der Waals surface area contributed by atoms with Crippen molar-refractivity contribution in [2.75, 3.05) is 19.4 Å². The van der Waals surface area contributed by atoms with Gasteiger partial charge in [0.05, 0.1) is 7.11 Å². The van der Waals surface area contributed by atoms with E-state index < -0.39 is 11.4 Å². The van der Waals surface area contributed by atoms with Crippen LogP contribution in [0.25, 0.3) is 0 Å². The van der Waals surface area contributed by atoms with Crippen LogP contribution in [-0.2, 0) is 0 Å². The fourth-order valence-corrected chi connectivity index (χ4v) is 1.63. The van der Waals surface area contributed by atoms with Crippen molar-refractivity contribution in [3.05, 3.63) is 29.8 Å². The van der Waals surface area contributed by atoms with Crippen molar-refractivity contribution in [1.29, 1.82) is 0 Å². The molecule has 1 N–H and O–H groups in total. The topological polar surface area (TPSA) is 38.3 Å². The SMILES string of the molecule is COc1cccc(C(=O)NCCSC(F)(F)F)c1. The summed E-state index contributed by atoms with van der Waals surface area (Å²) in [5.74, 6) is -0.108. The number of benzene rings is 1. The summed E-state index contributed by atoms with van der Waals surface area (Å²) in [6.07, 6.45) is 0. The van der Waals surface area contributed by atoms with Crippen molar-refractivity contribution in [1.82, 2.24) is 5.32 Å². The first-order valence-electron chi connectivity index (χ1n) is 5.05. The first-order chi connectivity index (χ1) is 8.42. The Morgan fingerprint density at radius 3 is 2.78 bits per heavy atom. The molecule has 1 rings (SSSR count). The van der Waals surface area contributed by atoms with Crippen LogP contribution in [0.5, 0.6) is 5.75 Å². The van der Waals surface area contributed by atoms with Crippen molar-refractivity contribution < 1.29 is 22.7 Å². The number of carbonyl (C=O) groups excluding carboxylic acids is 1. The number of thioether (sulfide) groups is 1. The standard InChI is InChI=1S/C11H12F3NO2S/c1-17-9-4-2-3-8(7-9)10(16)15-5-6-18-11(12,13)14/h2-4,7H,5-6H2,1H3,(H,15,16). The lowest BCUT2D eigenvalue weighted by Gasteiger charge is -2.07. The van der Waals surface area contributed by atoms with Crippen LogP contribution in [0.4, 0.5) is 13.2 Å². The minimum Gasteiger partial charge on any atom is -0.497 e. The maximum absolute atomic E-state index is 11.8. The predicted octanol–water partition coefficient (Wildman–Crippen LogP) is 2.68. The number of nitrogens with one attached hydrogen (secondary N) is 1. The van der Waals surface area contributed by atoms with Gasteiger partial charge in [-0.05, 0) is 30.0 Å². The molecule has 3 nitrogen and oxygen atoms in total. The zero-order valence-corrected chi connectivity index (χ0v) is 10.4. The maximum atomic E-state index is 11.8. The molecule has 0 saturated carbocycles.